The average Bonchev–Trinajstić information content (AvgIpc) is 2.55. The number of benzene rings is 3. The molecule has 2 radical (unpaired) electrons. The highest BCUT2D eigenvalue weighted by atomic mass is 31.1. The van der Waals surface area contributed by atoms with Crippen LogP contribution in [-0.2, 0) is 0 Å². The molecule has 2 heteroatoms. The van der Waals surface area contributed by atoms with E-state index in [0.29, 0.717) is 0 Å². The fourth-order valence-electron chi connectivity index (χ4n) is 2.01. The number of hydrogen-bond acceptors (Lipinski definition) is 0. The van der Waals surface area contributed by atoms with Crippen molar-refractivity contribution in [2.75, 3.05) is 0 Å². The Bertz CT molecular complexity index is 599. The lowest BCUT2D eigenvalue weighted by Gasteiger charge is -2.05. The number of nitrogens with zero attached hydrogens (tertiary/aromatic N) is 1. The minimum absolute atomic E-state index is 0.702. The van der Waals surface area contributed by atoms with Crippen molar-refractivity contribution < 1.29 is 0 Å². The molecule has 0 heterocycles. The molecule has 1 nitrogen and oxygen atoms in total. The molecular weight excluding hydrogens is 261 g/mol. The normalized spacial score (nSPS) is 10.7. The first-order valence-electron chi connectivity index (χ1n) is 6.60. The minimum Gasteiger partial charge on any atom is -0.0622 e. The monoisotopic (exact) mass is 276 g/mol. The van der Waals surface area contributed by atoms with Gasteiger partial charge in [-0.1, -0.05) is 54.6 Å². The predicted molar refractivity (Wildman–Crippen MR) is 87.3 cm³/mol. The molecule has 0 aliphatic rings. The van der Waals surface area contributed by atoms with Crippen molar-refractivity contribution in [3.63, 3.8) is 0 Å². The van der Waals surface area contributed by atoms with Crippen LogP contribution < -0.4 is 15.7 Å². The summed E-state index contributed by atoms with van der Waals surface area (Å²) in [5.41, 5.74) is 1.03. The van der Waals surface area contributed by atoms with E-state index in [1.165, 1.54) is 10.6 Å². The van der Waals surface area contributed by atoms with Gasteiger partial charge in [-0.05, 0) is 24.3 Å². The van der Waals surface area contributed by atoms with Gasteiger partial charge in [0.15, 0.2) is 0 Å². The molecule has 0 aliphatic heterocycles. The zero-order valence-electron chi connectivity index (χ0n) is 11.1. The van der Waals surface area contributed by atoms with E-state index in [1.54, 1.807) is 0 Å². The Kier molecular flexibility index (Phi) is 4.22. The molecule has 0 saturated carbocycles. The summed E-state index contributed by atoms with van der Waals surface area (Å²) >= 11 is 0. The SMILES string of the molecule is c1ccc([N+]P(c2ccccc2)c2ccccc2)cc1. The summed E-state index contributed by atoms with van der Waals surface area (Å²) in [7, 11) is -0.702. The molecule has 20 heavy (non-hydrogen) atoms. The molecule has 3 aromatic carbocycles. The van der Waals surface area contributed by atoms with Gasteiger partial charge in [-0.3, -0.25) is 0 Å². The third kappa shape index (κ3) is 3.14. The summed E-state index contributed by atoms with van der Waals surface area (Å²) in [6, 6.07) is 31.2. The van der Waals surface area contributed by atoms with E-state index >= 15 is 0 Å². The van der Waals surface area contributed by atoms with Crippen molar-refractivity contribution in [2.45, 2.75) is 0 Å². The van der Waals surface area contributed by atoms with Crippen LogP contribution in [-0.4, -0.2) is 0 Å². The fraction of sp³-hybridized carbons (Fsp3) is 0. The molecule has 0 aliphatic carbocycles. The second-order valence-electron chi connectivity index (χ2n) is 4.42. The van der Waals surface area contributed by atoms with E-state index < -0.39 is 8.07 Å². The molecule has 0 bridgehead atoms. The lowest BCUT2D eigenvalue weighted by molar-refractivity contribution is 1.36. The van der Waals surface area contributed by atoms with Crippen LogP contribution in [0.4, 0.5) is 5.69 Å². The van der Waals surface area contributed by atoms with Gasteiger partial charge in [0.25, 0.3) is 8.07 Å². The summed E-state index contributed by atoms with van der Waals surface area (Å²) in [5, 5.41) is 7.51. The van der Waals surface area contributed by atoms with Gasteiger partial charge in [-0.2, -0.15) is 0 Å². The predicted octanol–water partition coefficient (Wildman–Crippen LogP) is 3.97. The van der Waals surface area contributed by atoms with Gasteiger partial charge in [0.05, 0.1) is 0 Å². The van der Waals surface area contributed by atoms with Crippen LogP contribution in [0.2, 0.25) is 0 Å². The molecule has 0 N–H and O–H groups in total. The van der Waals surface area contributed by atoms with Gasteiger partial charge in [0.2, 0.25) is 5.69 Å². The largest absolute Gasteiger partial charge is 0.294 e. The zero-order valence-corrected chi connectivity index (χ0v) is 11.9. The minimum atomic E-state index is -0.702. The van der Waals surface area contributed by atoms with Crippen LogP contribution in [0.15, 0.2) is 91.0 Å². The maximum absolute atomic E-state index is 4.96. The summed E-state index contributed by atoms with van der Waals surface area (Å²) in [6.45, 7) is 0. The Morgan fingerprint density at radius 1 is 0.500 bits per heavy atom. The third-order valence-corrected chi connectivity index (χ3v) is 4.98. The van der Waals surface area contributed by atoms with Crippen LogP contribution in [0, 0.1) is 0 Å². The summed E-state index contributed by atoms with van der Waals surface area (Å²) < 4.78 is 0. The summed E-state index contributed by atoms with van der Waals surface area (Å²) in [5.74, 6) is 0. The van der Waals surface area contributed by atoms with E-state index in [1.807, 2.05) is 30.3 Å². The van der Waals surface area contributed by atoms with Crippen LogP contribution in [0.1, 0.15) is 0 Å². The summed E-state index contributed by atoms with van der Waals surface area (Å²) in [6.07, 6.45) is 0. The van der Waals surface area contributed by atoms with Crippen molar-refractivity contribution in [1.29, 1.82) is 0 Å². The van der Waals surface area contributed by atoms with E-state index in [-0.39, 0.29) is 0 Å². The third-order valence-electron chi connectivity index (χ3n) is 2.97. The Morgan fingerprint density at radius 2 is 0.900 bits per heavy atom. The molecule has 0 unspecified atom stereocenters. The van der Waals surface area contributed by atoms with E-state index in [0.717, 1.165) is 5.69 Å². The van der Waals surface area contributed by atoms with Crippen LogP contribution >= 0.6 is 8.07 Å². The van der Waals surface area contributed by atoms with E-state index in [2.05, 4.69) is 60.7 Å². The van der Waals surface area contributed by atoms with Gasteiger partial charge >= 0.3 is 0 Å². The molecule has 0 amide bonds. The van der Waals surface area contributed by atoms with Crippen molar-refractivity contribution in [1.82, 2.24) is 5.09 Å². The van der Waals surface area contributed by atoms with E-state index in [9.17, 15) is 0 Å². The zero-order chi connectivity index (χ0) is 13.6. The molecular formula is C18H15NP+. The van der Waals surface area contributed by atoms with Gasteiger partial charge in [-0.15, -0.1) is 0 Å². The second-order valence-corrected chi connectivity index (χ2v) is 6.27. The number of hydrogen-bond donors (Lipinski definition) is 0. The number of rotatable bonds is 4. The second kappa shape index (κ2) is 6.47. The Hall–Kier alpha value is -1.95. The van der Waals surface area contributed by atoms with Crippen molar-refractivity contribution >= 4 is 24.4 Å². The maximum atomic E-state index is 4.96. The van der Waals surface area contributed by atoms with E-state index in [4.69, 9.17) is 5.09 Å². The highest BCUT2D eigenvalue weighted by Crippen LogP contribution is 2.34. The van der Waals surface area contributed by atoms with Gasteiger partial charge in [0.1, 0.15) is 5.09 Å². The molecule has 0 spiro atoms. The first kappa shape index (κ1) is 13.1. The molecule has 0 atom stereocenters. The molecule has 0 aromatic heterocycles. The lowest BCUT2D eigenvalue weighted by Crippen LogP contribution is -2.16. The molecule has 3 rings (SSSR count). The molecule has 3 aromatic rings. The quantitative estimate of drug-likeness (QED) is 0.640. The first-order chi connectivity index (χ1) is 9.93. The Morgan fingerprint density at radius 3 is 1.35 bits per heavy atom. The highest BCUT2D eigenvalue weighted by Gasteiger charge is 2.29. The topological polar surface area (TPSA) is 14.1 Å². The Labute approximate surface area is 121 Å². The molecule has 0 saturated heterocycles. The molecule has 96 valence electrons. The standard InChI is InChI=1S/C18H15NP/c1-4-10-16(11-5-1)19-20(17-12-6-2-7-13-17)18-14-8-3-9-15-18/h1-15H/q+1. The van der Waals surface area contributed by atoms with Crippen molar-refractivity contribution in [2.24, 2.45) is 0 Å². The maximum Gasteiger partial charge on any atom is 0.294 e. The smallest absolute Gasteiger partial charge is 0.0622 e. The van der Waals surface area contributed by atoms with Gasteiger partial charge in [-0.25, -0.2) is 0 Å². The fourth-order valence-corrected chi connectivity index (χ4v) is 3.82. The first-order valence-corrected chi connectivity index (χ1v) is 7.90. The lowest BCUT2D eigenvalue weighted by atomic mass is 10.3. The van der Waals surface area contributed by atoms with Gasteiger partial charge in [0, 0.05) is 22.7 Å². The highest BCUT2D eigenvalue weighted by molar-refractivity contribution is 7.71. The van der Waals surface area contributed by atoms with Gasteiger partial charge < -0.3 is 0 Å². The van der Waals surface area contributed by atoms with Crippen LogP contribution in [0.3, 0.4) is 0 Å². The summed E-state index contributed by atoms with van der Waals surface area (Å²) in [4.78, 5) is 0. The van der Waals surface area contributed by atoms with Crippen molar-refractivity contribution in [3.05, 3.63) is 91.0 Å². The average molecular weight is 276 g/mol. The Balaban J connectivity index is 1.96. The van der Waals surface area contributed by atoms with Crippen LogP contribution in [0.25, 0.3) is 0 Å². The van der Waals surface area contributed by atoms with Crippen molar-refractivity contribution in [3.8, 4) is 0 Å². The molecule has 0 fully saturated rings. The van der Waals surface area contributed by atoms with Crippen LogP contribution in [0.5, 0.6) is 0 Å².